The van der Waals surface area contributed by atoms with Crippen LogP contribution in [-0.4, -0.2) is 39.6 Å². The average Bonchev–Trinajstić information content (AvgIpc) is 3.34. The summed E-state index contributed by atoms with van der Waals surface area (Å²) < 4.78 is 45.2. The Labute approximate surface area is 209 Å². The lowest BCUT2D eigenvalue weighted by Gasteiger charge is -2.16. The normalized spacial score (nSPS) is 11.2. The molecular weight excluding hydrogens is 480 g/mol. The van der Waals surface area contributed by atoms with Crippen LogP contribution in [0.3, 0.4) is 0 Å². The minimum absolute atomic E-state index is 0.146. The number of nitrogens with zero attached hydrogens (tertiary/aromatic N) is 1. The number of hydrogen-bond acceptors (Lipinski definition) is 6. The zero-order chi connectivity index (χ0) is 26.0. The van der Waals surface area contributed by atoms with Crippen LogP contribution in [0.5, 0.6) is 17.2 Å². The topological polar surface area (TPSA) is 110 Å². The summed E-state index contributed by atoms with van der Waals surface area (Å²) in [6.45, 7) is 1.89. The van der Waals surface area contributed by atoms with Gasteiger partial charge in [-0.3, -0.25) is 4.79 Å². The van der Waals surface area contributed by atoms with Crippen LogP contribution in [0.15, 0.2) is 77.8 Å². The van der Waals surface area contributed by atoms with E-state index < -0.39 is 15.9 Å². The van der Waals surface area contributed by atoms with Crippen LogP contribution in [0.4, 0.5) is 0 Å². The highest BCUT2D eigenvalue weighted by molar-refractivity contribution is 7.90. The number of ether oxygens (including phenoxy) is 3. The molecule has 4 aromatic rings. The first-order valence-corrected chi connectivity index (χ1v) is 12.4. The van der Waals surface area contributed by atoms with Crippen molar-refractivity contribution in [2.24, 2.45) is 5.73 Å². The number of amides is 1. The Bertz CT molecular complexity index is 1500. The van der Waals surface area contributed by atoms with Crippen molar-refractivity contribution in [3.05, 3.63) is 84.1 Å². The van der Waals surface area contributed by atoms with Crippen molar-refractivity contribution in [1.29, 1.82) is 0 Å². The van der Waals surface area contributed by atoms with E-state index in [4.69, 9.17) is 19.9 Å². The van der Waals surface area contributed by atoms with Gasteiger partial charge in [-0.25, -0.2) is 12.4 Å². The number of aryl methyl sites for hydroxylation is 1. The van der Waals surface area contributed by atoms with Gasteiger partial charge in [0.25, 0.3) is 10.0 Å². The van der Waals surface area contributed by atoms with E-state index in [1.54, 1.807) is 72.9 Å². The van der Waals surface area contributed by atoms with Crippen LogP contribution >= 0.6 is 0 Å². The zero-order valence-corrected chi connectivity index (χ0v) is 21.1. The monoisotopic (exact) mass is 506 g/mol. The number of benzene rings is 3. The third-order valence-electron chi connectivity index (χ3n) is 5.83. The quantitative estimate of drug-likeness (QED) is 0.377. The maximum absolute atomic E-state index is 13.8. The van der Waals surface area contributed by atoms with Gasteiger partial charge in [0.05, 0.1) is 31.9 Å². The van der Waals surface area contributed by atoms with Gasteiger partial charge in [-0.15, -0.1) is 0 Å². The molecule has 0 aliphatic carbocycles. The van der Waals surface area contributed by atoms with Crippen LogP contribution < -0.4 is 19.9 Å². The van der Waals surface area contributed by atoms with Gasteiger partial charge in [-0.2, -0.15) is 0 Å². The van der Waals surface area contributed by atoms with Gasteiger partial charge >= 0.3 is 0 Å². The SMILES string of the molecule is COc1cc(-c2cc(-c3ccc(C(N)=O)cc3)cn2S(=O)(=O)c2ccc(C)cc2)cc(OC)c1OC. The van der Waals surface area contributed by atoms with Crippen LogP contribution in [0.1, 0.15) is 15.9 Å². The third kappa shape index (κ3) is 4.52. The van der Waals surface area contributed by atoms with Crippen LogP contribution in [0.2, 0.25) is 0 Å². The summed E-state index contributed by atoms with van der Waals surface area (Å²) in [6.07, 6.45) is 1.55. The first-order valence-electron chi connectivity index (χ1n) is 10.9. The van der Waals surface area contributed by atoms with Crippen molar-refractivity contribution in [3.8, 4) is 39.6 Å². The number of carbonyl (C=O) groups excluding carboxylic acids is 1. The number of aromatic nitrogens is 1. The van der Waals surface area contributed by atoms with E-state index in [0.717, 1.165) is 5.56 Å². The molecule has 4 rings (SSSR count). The second kappa shape index (κ2) is 9.79. The maximum Gasteiger partial charge on any atom is 0.268 e. The Morgan fingerprint density at radius 1 is 0.778 bits per heavy atom. The van der Waals surface area contributed by atoms with E-state index in [1.807, 2.05) is 6.92 Å². The number of primary amides is 1. The summed E-state index contributed by atoms with van der Waals surface area (Å²) in [5.74, 6) is 0.629. The molecule has 0 fully saturated rings. The standard InChI is InChI=1S/C27H26N2O6S/c1-17-5-11-22(12-6-17)36(31,32)29-16-21(18-7-9-19(10-8-18)27(28)30)13-23(29)20-14-24(33-2)26(35-4)25(15-20)34-3/h5-16H,1-4H3,(H2,28,30). The first-order chi connectivity index (χ1) is 17.2. The molecule has 0 saturated heterocycles. The molecule has 36 heavy (non-hydrogen) atoms. The fourth-order valence-corrected chi connectivity index (χ4v) is 5.27. The average molecular weight is 507 g/mol. The summed E-state index contributed by atoms with van der Waals surface area (Å²) >= 11 is 0. The van der Waals surface area contributed by atoms with Gasteiger partial charge in [0.2, 0.25) is 11.7 Å². The van der Waals surface area contributed by atoms with Crippen LogP contribution in [-0.2, 0) is 10.0 Å². The fraction of sp³-hybridized carbons (Fsp3) is 0.148. The van der Waals surface area contributed by atoms with Crippen molar-refractivity contribution in [2.45, 2.75) is 11.8 Å². The molecule has 1 aromatic heterocycles. The maximum atomic E-state index is 13.8. The minimum Gasteiger partial charge on any atom is -0.493 e. The summed E-state index contributed by atoms with van der Waals surface area (Å²) in [5.41, 5.74) is 8.94. The number of nitrogens with two attached hydrogens (primary N) is 1. The van der Waals surface area contributed by atoms with E-state index in [1.165, 1.54) is 25.3 Å². The number of rotatable bonds is 8. The molecule has 8 nitrogen and oxygen atoms in total. The molecule has 9 heteroatoms. The molecule has 3 aromatic carbocycles. The molecule has 0 radical (unpaired) electrons. The van der Waals surface area contributed by atoms with E-state index in [-0.39, 0.29) is 4.90 Å². The molecule has 0 spiro atoms. The number of methoxy groups -OCH3 is 3. The van der Waals surface area contributed by atoms with E-state index in [9.17, 15) is 13.2 Å². The van der Waals surface area contributed by atoms with Crippen molar-refractivity contribution in [1.82, 2.24) is 3.97 Å². The van der Waals surface area contributed by atoms with E-state index >= 15 is 0 Å². The Hall–Kier alpha value is -4.24. The second-order valence-electron chi connectivity index (χ2n) is 8.08. The lowest BCUT2D eigenvalue weighted by atomic mass is 10.0. The van der Waals surface area contributed by atoms with Gasteiger partial charge < -0.3 is 19.9 Å². The summed E-state index contributed by atoms with van der Waals surface area (Å²) in [7, 11) is 0.520. The molecular formula is C27H26N2O6S. The molecule has 0 bridgehead atoms. The number of carbonyl (C=O) groups is 1. The molecule has 1 heterocycles. The minimum atomic E-state index is -3.97. The van der Waals surface area contributed by atoms with Gasteiger partial charge in [0, 0.05) is 22.9 Å². The lowest BCUT2D eigenvalue weighted by Crippen LogP contribution is -2.13. The molecule has 0 unspecified atom stereocenters. The summed E-state index contributed by atoms with van der Waals surface area (Å²) in [4.78, 5) is 11.6. The Kier molecular flexibility index (Phi) is 6.76. The Morgan fingerprint density at radius 3 is 1.86 bits per heavy atom. The smallest absolute Gasteiger partial charge is 0.268 e. The highest BCUT2D eigenvalue weighted by Crippen LogP contribution is 2.42. The van der Waals surface area contributed by atoms with Crippen LogP contribution in [0, 0.1) is 6.92 Å². The molecule has 1 amide bonds. The summed E-state index contributed by atoms with van der Waals surface area (Å²) in [6, 6.07) is 18.4. The van der Waals surface area contributed by atoms with Crippen molar-refractivity contribution in [3.63, 3.8) is 0 Å². The van der Waals surface area contributed by atoms with Crippen LogP contribution in [0.25, 0.3) is 22.4 Å². The largest absolute Gasteiger partial charge is 0.493 e. The molecule has 0 aliphatic heterocycles. The van der Waals surface area contributed by atoms with Gasteiger partial charge in [-0.1, -0.05) is 29.8 Å². The second-order valence-corrected chi connectivity index (χ2v) is 9.90. The molecule has 2 N–H and O–H groups in total. The highest BCUT2D eigenvalue weighted by Gasteiger charge is 2.24. The molecule has 0 atom stereocenters. The van der Waals surface area contributed by atoms with E-state index in [0.29, 0.717) is 45.2 Å². The van der Waals surface area contributed by atoms with Gasteiger partial charge in [0.1, 0.15) is 0 Å². The highest BCUT2D eigenvalue weighted by atomic mass is 32.2. The molecule has 0 aliphatic rings. The predicted octanol–water partition coefficient (Wildman–Crippen LogP) is 4.49. The van der Waals surface area contributed by atoms with Gasteiger partial charge in [-0.05, 0) is 55.0 Å². The predicted molar refractivity (Wildman–Crippen MR) is 137 cm³/mol. The van der Waals surface area contributed by atoms with Crippen molar-refractivity contribution >= 4 is 15.9 Å². The lowest BCUT2D eigenvalue weighted by molar-refractivity contribution is 0.100. The molecule has 186 valence electrons. The fourth-order valence-electron chi connectivity index (χ4n) is 3.89. The zero-order valence-electron chi connectivity index (χ0n) is 20.3. The van der Waals surface area contributed by atoms with E-state index in [2.05, 4.69) is 0 Å². The summed E-state index contributed by atoms with van der Waals surface area (Å²) in [5, 5.41) is 0. The van der Waals surface area contributed by atoms with Crippen molar-refractivity contribution < 1.29 is 27.4 Å². The van der Waals surface area contributed by atoms with Gasteiger partial charge in [0.15, 0.2) is 11.5 Å². The molecule has 0 saturated carbocycles. The Morgan fingerprint density at radius 2 is 1.36 bits per heavy atom. The third-order valence-corrected chi connectivity index (χ3v) is 7.51. The number of hydrogen-bond donors (Lipinski definition) is 1. The first kappa shape index (κ1) is 24.9. The van der Waals surface area contributed by atoms with Crippen molar-refractivity contribution in [2.75, 3.05) is 21.3 Å². The Balaban J connectivity index is 1.96.